The van der Waals surface area contributed by atoms with Gasteiger partial charge in [-0.1, -0.05) is 17.6 Å². The van der Waals surface area contributed by atoms with Crippen LogP contribution in [0, 0.1) is 0 Å². The summed E-state index contributed by atoms with van der Waals surface area (Å²) < 4.78 is 2.05. The molecule has 0 atom stereocenters. The van der Waals surface area contributed by atoms with Crippen LogP contribution in [0.1, 0.15) is 0 Å². The molecule has 2 rings (SSSR count). The lowest BCUT2D eigenvalue weighted by Gasteiger charge is -1.97. The van der Waals surface area contributed by atoms with E-state index in [1.165, 1.54) is 11.0 Å². The van der Waals surface area contributed by atoms with E-state index in [9.17, 15) is 0 Å². The third-order valence-corrected chi connectivity index (χ3v) is 1.94. The standard InChI is InChI=1S/C8H9BN2/c1-11-5-10-7-4-2-3-6(9)8(7)11/h2-5H,9H2,1H3. The van der Waals surface area contributed by atoms with Crippen LogP contribution in [0.25, 0.3) is 11.0 Å². The van der Waals surface area contributed by atoms with E-state index in [1.807, 2.05) is 30.1 Å². The van der Waals surface area contributed by atoms with Gasteiger partial charge in [0.05, 0.1) is 17.4 Å². The molecule has 0 saturated heterocycles. The molecule has 2 aromatic rings. The van der Waals surface area contributed by atoms with Crippen molar-refractivity contribution in [3.63, 3.8) is 0 Å². The van der Waals surface area contributed by atoms with Gasteiger partial charge in [0.25, 0.3) is 0 Å². The Hall–Kier alpha value is -1.25. The number of hydrogen-bond donors (Lipinski definition) is 0. The first-order valence-corrected chi connectivity index (χ1v) is 3.65. The summed E-state index contributed by atoms with van der Waals surface area (Å²) in [6.07, 6.45) is 1.84. The zero-order valence-corrected chi connectivity index (χ0v) is 6.70. The number of fused-ring (bicyclic) bond motifs is 1. The molecule has 0 unspecified atom stereocenters. The minimum absolute atomic E-state index is 1.08. The van der Waals surface area contributed by atoms with E-state index in [1.54, 1.807) is 0 Å². The molecule has 0 radical (unpaired) electrons. The summed E-state index contributed by atoms with van der Waals surface area (Å²) in [5, 5.41) is 0. The van der Waals surface area contributed by atoms with Gasteiger partial charge in [-0.3, -0.25) is 0 Å². The lowest BCUT2D eigenvalue weighted by Crippen LogP contribution is -2.05. The van der Waals surface area contributed by atoms with Gasteiger partial charge >= 0.3 is 0 Å². The predicted octanol–water partition coefficient (Wildman–Crippen LogP) is -0.168. The summed E-state index contributed by atoms with van der Waals surface area (Å²) in [6.45, 7) is 0. The lowest BCUT2D eigenvalue weighted by molar-refractivity contribution is 0.950. The highest BCUT2D eigenvalue weighted by molar-refractivity contribution is 6.38. The SMILES string of the molecule is Bc1cccc2ncn(C)c12. The van der Waals surface area contributed by atoms with Gasteiger partial charge in [0.2, 0.25) is 0 Å². The topological polar surface area (TPSA) is 17.8 Å². The normalized spacial score (nSPS) is 10.6. The number of nitrogens with zero attached hydrogens (tertiary/aromatic N) is 2. The van der Waals surface area contributed by atoms with E-state index in [2.05, 4.69) is 18.9 Å². The molecule has 2 nitrogen and oxygen atoms in total. The first kappa shape index (κ1) is 6.46. The molecule has 0 fully saturated rings. The monoisotopic (exact) mass is 144 g/mol. The Balaban J connectivity index is 2.96. The highest BCUT2D eigenvalue weighted by Crippen LogP contribution is 2.06. The Morgan fingerprint density at radius 2 is 2.27 bits per heavy atom. The molecule has 54 valence electrons. The van der Waals surface area contributed by atoms with Crippen LogP contribution in [-0.4, -0.2) is 17.4 Å². The Morgan fingerprint density at radius 1 is 1.45 bits per heavy atom. The van der Waals surface area contributed by atoms with Crippen molar-refractivity contribution in [3.8, 4) is 0 Å². The second-order valence-electron chi connectivity index (χ2n) is 2.80. The van der Waals surface area contributed by atoms with Gasteiger partial charge in [0.1, 0.15) is 7.85 Å². The van der Waals surface area contributed by atoms with E-state index in [4.69, 9.17) is 0 Å². The maximum Gasteiger partial charge on any atom is 0.142 e. The van der Waals surface area contributed by atoms with Gasteiger partial charge in [0.15, 0.2) is 0 Å². The van der Waals surface area contributed by atoms with Crippen LogP contribution < -0.4 is 5.46 Å². The summed E-state index contributed by atoms with van der Waals surface area (Å²) in [4.78, 5) is 4.24. The Bertz CT molecular complexity index is 392. The maximum absolute atomic E-state index is 4.24. The zero-order valence-electron chi connectivity index (χ0n) is 6.70. The fourth-order valence-corrected chi connectivity index (χ4v) is 1.41. The van der Waals surface area contributed by atoms with Gasteiger partial charge < -0.3 is 4.57 Å². The second kappa shape index (κ2) is 2.12. The minimum atomic E-state index is 1.08. The first-order chi connectivity index (χ1) is 5.29. The second-order valence-corrected chi connectivity index (χ2v) is 2.80. The fourth-order valence-electron chi connectivity index (χ4n) is 1.41. The maximum atomic E-state index is 4.24. The van der Waals surface area contributed by atoms with E-state index < -0.39 is 0 Å². The van der Waals surface area contributed by atoms with Gasteiger partial charge in [-0.2, -0.15) is 0 Å². The summed E-state index contributed by atoms with van der Waals surface area (Å²) in [5.41, 5.74) is 3.59. The number of para-hydroxylation sites is 1. The van der Waals surface area contributed by atoms with E-state index in [0.717, 1.165) is 5.52 Å². The summed E-state index contributed by atoms with van der Waals surface area (Å²) >= 11 is 0. The number of aryl methyl sites for hydroxylation is 1. The molecular weight excluding hydrogens is 135 g/mol. The number of hydrogen-bond acceptors (Lipinski definition) is 1. The third kappa shape index (κ3) is 0.844. The molecule has 0 aliphatic carbocycles. The van der Waals surface area contributed by atoms with Crippen molar-refractivity contribution in [2.24, 2.45) is 7.05 Å². The van der Waals surface area contributed by atoms with E-state index >= 15 is 0 Å². The number of aromatic nitrogens is 2. The van der Waals surface area contributed by atoms with Crippen molar-refractivity contribution < 1.29 is 0 Å². The average Bonchev–Trinajstić information content (AvgIpc) is 2.34. The van der Waals surface area contributed by atoms with Crippen LogP contribution in [0.3, 0.4) is 0 Å². The van der Waals surface area contributed by atoms with E-state index in [-0.39, 0.29) is 0 Å². The Labute approximate surface area is 66.3 Å². The molecule has 0 saturated carbocycles. The van der Waals surface area contributed by atoms with Crippen molar-refractivity contribution in [1.29, 1.82) is 0 Å². The average molecular weight is 144 g/mol. The molecule has 0 amide bonds. The number of benzene rings is 1. The largest absolute Gasteiger partial charge is 0.334 e. The quantitative estimate of drug-likeness (QED) is 0.469. The molecule has 1 aromatic carbocycles. The predicted molar refractivity (Wildman–Crippen MR) is 48.9 cm³/mol. The van der Waals surface area contributed by atoms with Crippen LogP contribution in [0.15, 0.2) is 24.5 Å². The summed E-state index contributed by atoms with van der Waals surface area (Å²) in [5.74, 6) is 0. The van der Waals surface area contributed by atoms with Crippen molar-refractivity contribution in [2.75, 3.05) is 0 Å². The van der Waals surface area contributed by atoms with E-state index in [0.29, 0.717) is 0 Å². The molecule has 1 heterocycles. The van der Waals surface area contributed by atoms with Gasteiger partial charge in [-0.05, 0) is 6.07 Å². The van der Waals surface area contributed by atoms with Gasteiger partial charge in [0, 0.05) is 7.05 Å². The van der Waals surface area contributed by atoms with Crippen LogP contribution >= 0.6 is 0 Å². The van der Waals surface area contributed by atoms with Crippen molar-refractivity contribution in [2.45, 2.75) is 0 Å². The zero-order chi connectivity index (χ0) is 7.84. The van der Waals surface area contributed by atoms with Crippen molar-refractivity contribution >= 4 is 24.3 Å². The van der Waals surface area contributed by atoms with Gasteiger partial charge in [-0.25, -0.2) is 4.98 Å². The van der Waals surface area contributed by atoms with Crippen LogP contribution in [0.5, 0.6) is 0 Å². The molecule has 0 aliphatic heterocycles. The molecule has 0 bridgehead atoms. The highest BCUT2D eigenvalue weighted by Gasteiger charge is 1.99. The Kier molecular flexibility index (Phi) is 1.25. The molecule has 1 aromatic heterocycles. The molecule has 3 heteroatoms. The van der Waals surface area contributed by atoms with Crippen LogP contribution in [0.2, 0.25) is 0 Å². The lowest BCUT2D eigenvalue weighted by atomic mass is 9.95. The van der Waals surface area contributed by atoms with Crippen LogP contribution in [0.4, 0.5) is 0 Å². The summed E-state index contributed by atoms with van der Waals surface area (Å²) in [6, 6.07) is 6.16. The Morgan fingerprint density at radius 3 is 3.00 bits per heavy atom. The number of rotatable bonds is 0. The third-order valence-electron chi connectivity index (χ3n) is 1.94. The highest BCUT2D eigenvalue weighted by atomic mass is 15.0. The van der Waals surface area contributed by atoms with Crippen molar-refractivity contribution in [1.82, 2.24) is 9.55 Å². The first-order valence-electron chi connectivity index (χ1n) is 3.65. The summed E-state index contributed by atoms with van der Waals surface area (Å²) in [7, 11) is 4.12. The molecular formula is C8H9BN2. The van der Waals surface area contributed by atoms with Crippen LogP contribution in [-0.2, 0) is 7.05 Å². The smallest absolute Gasteiger partial charge is 0.142 e. The molecule has 0 N–H and O–H groups in total. The van der Waals surface area contributed by atoms with Gasteiger partial charge in [-0.15, -0.1) is 0 Å². The van der Waals surface area contributed by atoms with Crippen molar-refractivity contribution in [3.05, 3.63) is 24.5 Å². The fraction of sp³-hybridized carbons (Fsp3) is 0.125. The molecule has 11 heavy (non-hydrogen) atoms. The molecule has 0 spiro atoms. The minimum Gasteiger partial charge on any atom is -0.334 e. The number of imidazole rings is 1. The molecule has 0 aliphatic rings.